The van der Waals surface area contributed by atoms with Gasteiger partial charge < -0.3 is 20.7 Å². The van der Waals surface area contributed by atoms with Crippen LogP contribution in [-0.4, -0.2) is 46.6 Å². The average molecular weight is 450 g/mol. The molecule has 2 atom stereocenters. The van der Waals surface area contributed by atoms with E-state index in [2.05, 4.69) is 40.1 Å². The van der Waals surface area contributed by atoms with Crippen LogP contribution in [0.2, 0.25) is 0 Å². The van der Waals surface area contributed by atoms with Crippen molar-refractivity contribution in [2.75, 3.05) is 5.75 Å². The van der Waals surface area contributed by atoms with Crippen molar-refractivity contribution in [2.24, 2.45) is 0 Å². The molecule has 11 heteroatoms. The molecule has 0 aliphatic carbocycles. The monoisotopic (exact) mass is 450 g/mol. The Balaban J connectivity index is 2.32. The van der Waals surface area contributed by atoms with Crippen LogP contribution in [0.5, 0.6) is 0 Å². The molecule has 166 valence electrons. The highest BCUT2D eigenvalue weighted by molar-refractivity contribution is 7.80. The van der Waals surface area contributed by atoms with E-state index in [1.165, 1.54) is 6.92 Å². The molecular weight excluding hydrogens is 427 g/mol. The summed E-state index contributed by atoms with van der Waals surface area (Å²) >= 11 is 4.09. The van der Waals surface area contributed by atoms with Crippen molar-refractivity contribution in [2.45, 2.75) is 38.5 Å². The zero-order valence-electron chi connectivity index (χ0n) is 16.8. The highest BCUT2D eigenvalue weighted by Gasteiger charge is 2.24. The molecule has 9 nitrogen and oxygen atoms in total. The molecule has 0 saturated carbocycles. The molecule has 2 bridgehead atoms. The number of nitrogens with zero attached hydrogens (tertiary/aromatic N) is 1. The Labute approximate surface area is 183 Å². The lowest BCUT2D eigenvalue weighted by molar-refractivity contribution is -0.151. The van der Waals surface area contributed by atoms with Gasteiger partial charge in [-0.05, 0) is 37.3 Å². The van der Waals surface area contributed by atoms with Gasteiger partial charge in [0.05, 0.1) is 24.4 Å². The number of cyclic esters (lactones) is 1. The molecule has 2 heterocycles. The molecule has 1 aromatic rings. The third kappa shape index (κ3) is 7.21. The molecule has 0 aromatic carbocycles. The summed E-state index contributed by atoms with van der Waals surface area (Å²) in [5.41, 5.74) is -0.675. The van der Waals surface area contributed by atoms with E-state index in [0.29, 0.717) is 12.2 Å². The van der Waals surface area contributed by atoms with E-state index < -0.39 is 41.7 Å². The number of carbonyl (C=O) groups excluding carboxylic acids is 4. The first-order valence-corrected chi connectivity index (χ1v) is 10.1. The molecule has 3 N–H and O–H groups in total. The zero-order valence-corrected chi connectivity index (χ0v) is 17.7. The van der Waals surface area contributed by atoms with E-state index >= 15 is 0 Å². The van der Waals surface area contributed by atoms with Crippen molar-refractivity contribution < 1.29 is 28.3 Å². The van der Waals surface area contributed by atoms with Crippen LogP contribution in [0.1, 0.15) is 35.9 Å². The average Bonchev–Trinajstić information content (AvgIpc) is 2.72. The molecule has 1 aromatic heterocycles. The number of esters is 1. The Kier molecular flexibility index (Phi) is 8.74. The molecule has 1 aliphatic heterocycles. The minimum atomic E-state index is -1.08. The van der Waals surface area contributed by atoms with Gasteiger partial charge in [-0.25, -0.2) is 14.2 Å². The Bertz CT molecular complexity index is 921. The van der Waals surface area contributed by atoms with E-state index in [-0.39, 0.29) is 30.1 Å². The molecule has 1 aliphatic rings. The lowest BCUT2D eigenvalue weighted by atomic mass is 10.2. The Hall–Kier alpha value is -3.21. The molecule has 0 spiro atoms. The number of aromatic nitrogens is 1. The Morgan fingerprint density at radius 1 is 1.29 bits per heavy atom. The summed E-state index contributed by atoms with van der Waals surface area (Å²) in [6.45, 7) is 4.57. The number of hydrogen-bond acceptors (Lipinski definition) is 7. The second-order valence-electron chi connectivity index (χ2n) is 6.65. The second kappa shape index (κ2) is 11.3. The molecule has 0 fully saturated rings. The van der Waals surface area contributed by atoms with Crippen LogP contribution in [-0.2, 0) is 25.7 Å². The van der Waals surface area contributed by atoms with Gasteiger partial charge in [-0.15, -0.1) is 0 Å². The largest absolute Gasteiger partial charge is 0.456 e. The van der Waals surface area contributed by atoms with Gasteiger partial charge in [0.15, 0.2) is 0 Å². The standard InChI is InChI=1S/C20H23FN4O5S/c1-11-18(27)24-12(2)20(29)30-13(5-3-4-8-31)9-17(26)22-10-16-14(21)6-7-15(25-16)19(28)23-11/h3,5-7,12-13,31H,1,4,8-10H2,2H3,(H,22,26)(H,23,28)(H,24,27)/b5-3+/t12-,13+/m0/s1. The number of fused-ring (bicyclic) bond motifs is 2. The number of allylic oxidation sites excluding steroid dienone is 1. The number of halogens is 1. The minimum Gasteiger partial charge on any atom is -0.456 e. The molecule has 0 saturated heterocycles. The quantitative estimate of drug-likeness (QED) is 0.233. The topological polar surface area (TPSA) is 126 Å². The van der Waals surface area contributed by atoms with Crippen LogP contribution in [0.4, 0.5) is 4.39 Å². The Morgan fingerprint density at radius 2 is 2.03 bits per heavy atom. The maximum absolute atomic E-state index is 14.1. The van der Waals surface area contributed by atoms with Crippen molar-refractivity contribution >= 4 is 36.3 Å². The molecule has 2 rings (SSSR count). The van der Waals surface area contributed by atoms with Gasteiger partial charge >= 0.3 is 5.97 Å². The number of pyridine rings is 1. The van der Waals surface area contributed by atoms with Gasteiger partial charge in [0.2, 0.25) is 5.91 Å². The highest BCUT2D eigenvalue weighted by atomic mass is 32.1. The lowest BCUT2D eigenvalue weighted by Crippen LogP contribution is -2.44. The summed E-state index contributed by atoms with van der Waals surface area (Å²) in [6, 6.07) is 1.09. The fraction of sp³-hybridized carbons (Fsp3) is 0.350. The zero-order chi connectivity index (χ0) is 23.0. The third-order valence-corrected chi connectivity index (χ3v) is 4.40. The number of hydrogen-bond donors (Lipinski definition) is 4. The van der Waals surface area contributed by atoms with Crippen molar-refractivity contribution in [3.05, 3.63) is 53.8 Å². The van der Waals surface area contributed by atoms with Gasteiger partial charge in [0, 0.05) is 0 Å². The predicted molar refractivity (Wildman–Crippen MR) is 112 cm³/mol. The van der Waals surface area contributed by atoms with E-state index in [0.717, 1.165) is 12.1 Å². The predicted octanol–water partition coefficient (Wildman–Crippen LogP) is 0.777. The molecule has 0 radical (unpaired) electrons. The fourth-order valence-electron chi connectivity index (χ4n) is 2.50. The molecular formula is C20H23FN4O5S. The summed E-state index contributed by atoms with van der Waals surface area (Å²) < 4.78 is 19.4. The summed E-state index contributed by atoms with van der Waals surface area (Å²) in [4.78, 5) is 53.1. The van der Waals surface area contributed by atoms with Gasteiger partial charge in [0.1, 0.15) is 23.7 Å². The smallest absolute Gasteiger partial charge is 0.328 e. The maximum atomic E-state index is 14.1. The van der Waals surface area contributed by atoms with Gasteiger partial charge in [0.25, 0.3) is 11.8 Å². The normalized spacial score (nSPS) is 21.3. The number of rotatable bonds is 3. The highest BCUT2D eigenvalue weighted by Crippen LogP contribution is 2.09. The van der Waals surface area contributed by atoms with Crippen LogP contribution in [0.15, 0.2) is 36.6 Å². The van der Waals surface area contributed by atoms with Gasteiger partial charge in [-0.3, -0.25) is 14.4 Å². The summed E-state index contributed by atoms with van der Waals surface area (Å²) in [5.74, 6) is -3.09. The van der Waals surface area contributed by atoms with Crippen LogP contribution in [0.3, 0.4) is 0 Å². The number of ether oxygens (including phenoxy) is 1. The first-order valence-electron chi connectivity index (χ1n) is 9.42. The second-order valence-corrected chi connectivity index (χ2v) is 7.10. The molecule has 31 heavy (non-hydrogen) atoms. The number of nitrogens with one attached hydrogen (secondary N) is 3. The molecule has 0 unspecified atom stereocenters. The van der Waals surface area contributed by atoms with Crippen LogP contribution in [0.25, 0.3) is 0 Å². The van der Waals surface area contributed by atoms with E-state index in [9.17, 15) is 23.6 Å². The summed E-state index contributed by atoms with van der Waals surface area (Å²) in [5, 5.41) is 7.08. The number of amides is 3. The van der Waals surface area contributed by atoms with Gasteiger partial charge in [-0.1, -0.05) is 12.7 Å². The van der Waals surface area contributed by atoms with E-state index in [1.54, 1.807) is 12.2 Å². The SMILES string of the molecule is C=C1NC(=O)c2ccc(F)c(n2)CNC(=O)C[C@@H](/C=C/CCS)OC(=O)[C@H](C)NC1=O. The summed E-state index contributed by atoms with van der Waals surface area (Å²) in [6.07, 6.45) is 2.70. The maximum Gasteiger partial charge on any atom is 0.328 e. The van der Waals surface area contributed by atoms with Crippen LogP contribution >= 0.6 is 12.6 Å². The number of thiol groups is 1. The van der Waals surface area contributed by atoms with Crippen molar-refractivity contribution in [1.82, 2.24) is 20.9 Å². The third-order valence-electron chi connectivity index (χ3n) is 4.14. The van der Waals surface area contributed by atoms with Crippen LogP contribution < -0.4 is 16.0 Å². The minimum absolute atomic E-state index is 0.170. The van der Waals surface area contributed by atoms with Crippen LogP contribution in [0, 0.1) is 5.82 Å². The fourth-order valence-corrected chi connectivity index (χ4v) is 2.64. The van der Waals surface area contributed by atoms with Gasteiger partial charge in [-0.2, -0.15) is 12.6 Å². The van der Waals surface area contributed by atoms with Crippen molar-refractivity contribution in [1.29, 1.82) is 0 Å². The first-order chi connectivity index (χ1) is 14.7. The van der Waals surface area contributed by atoms with E-state index in [4.69, 9.17) is 4.74 Å². The summed E-state index contributed by atoms with van der Waals surface area (Å²) in [7, 11) is 0. The Morgan fingerprint density at radius 3 is 2.74 bits per heavy atom. The van der Waals surface area contributed by atoms with Crippen molar-refractivity contribution in [3.63, 3.8) is 0 Å². The van der Waals surface area contributed by atoms with Crippen molar-refractivity contribution in [3.8, 4) is 0 Å². The number of carbonyl (C=O) groups is 4. The van der Waals surface area contributed by atoms with E-state index in [1.807, 2.05) is 0 Å². The first kappa shape index (κ1) is 24.1. The molecule has 3 amide bonds. The lowest BCUT2D eigenvalue weighted by Gasteiger charge is -2.19.